The number of carbonyl (C=O) groups excluding carboxylic acids is 1. The monoisotopic (exact) mass is 372 g/mol. The lowest BCUT2D eigenvalue weighted by Gasteiger charge is -2.26. The summed E-state index contributed by atoms with van der Waals surface area (Å²) in [6.07, 6.45) is 1.18. The molecule has 0 atom stereocenters. The van der Waals surface area contributed by atoms with Crippen LogP contribution in [0.15, 0.2) is 24.4 Å². The second-order valence-electron chi connectivity index (χ2n) is 6.52. The van der Waals surface area contributed by atoms with Crippen LogP contribution in [0.3, 0.4) is 0 Å². The molecule has 4 rings (SSSR count). The predicted octanol–water partition coefficient (Wildman–Crippen LogP) is 1.16. The highest BCUT2D eigenvalue weighted by molar-refractivity contribution is 5.93. The van der Waals surface area contributed by atoms with Crippen LogP contribution in [0.4, 0.5) is 4.39 Å². The van der Waals surface area contributed by atoms with Gasteiger partial charge in [-0.15, -0.1) is 0 Å². The van der Waals surface area contributed by atoms with E-state index < -0.39 is 5.82 Å². The van der Waals surface area contributed by atoms with Crippen LogP contribution in [0.2, 0.25) is 0 Å². The molecular formula is C18H21FN6O2. The Hall–Kier alpha value is -2.78. The minimum absolute atomic E-state index is 0.217. The van der Waals surface area contributed by atoms with Crippen LogP contribution in [0.25, 0.3) is 22.4 Å². The smallest absolute Gasteiger partial charge is 0.271 e. The first-order valence-electron chi connectivity index (χ1n) is 8.87. The van der Waals surface area contributed by atoms with Crippen molar-refractivity contribution in [3.63, 3.8) is 0 Å². The van der Waals surface area contributed by atoms with Crippen molar-refractivity contribution < 1.29 is 13.9 Å². The number of amides is 1. The van der Waals surface area contributed by atoms with Crippen LogP contribution in [0.5, 0.6) is 0 Å². The van der Waals surface area contributed by atoms with Gasteiger partial charge < -0.3 is 15.0 Å². The second kappa shape index (κ2) is 7.45. The molecule has 0 radical (unpaired) electrons. The van der Waals surface area contributed by atoms with Crippen LogP contribution in [-0.2, 0) is 11.8 Å². The molecule has 9 heteroatoms. The van der Waals surface area contributed by atoms with E-state index in [2.05, 4.69) is 25.3 Å². The highest BCUT2D eigenvalue weighted by Gasteiger charge is 2.16. The van der Waals surface area contributed by atoms with Gasteiger partial charge in [0.05, 0.1) is 41.8 Å². The fraction of sp³-hybridized carbons (Fsp3) is 0.389. The maximum Gasteiger partial charge on any atom is 0.271 e. The molecule has 0 spiro atoms. The Kier molecular flexibility index (Phi) is 4.87. The topological polar surface area (TPSA) is 88.1 Å². The highest BCUT2D eigenvalue weighted by Crippen LogP contribution is 2.23. The summed E-state index contributed by atoms with van der Waals surface area (Å²) in [5, 5.41) is 7.20. The second-order valence-corrected chi connectivity index (χ2v) is 6.52. The van der Waals surface area contributed by atoms with Gasteiger partial charge in [-0.1, -0.05) is 0 Å². The largest absolute Gasteiger partial charge is 0.379 e. The van der Waals surface area contributed by atoms with E-state index in [1.165, 1.54) is 12.3 Å². The molecule has 4 heterocycles. The van der Waals surface area contributed by atoms with Crippen molar-refractivity contribution in [2.45, 2.75) is 0 Å². The molecule has 142 valence electrons. The van der Waals surface area contributed by atoms with E-state index in [-0.39, 0.29) is 5.91 Å². The molecule has 1 amide bonds. The number of hydrogen-bond acceptors (Lipinski definition) is 5. The molecule has 1 aliphatic heterocycles. The van der Waals surface area contributed by atoms with E-state index in [0.29, 0.717) is 23.3 Å². The molecule has 0 saturated carbocycles. The molecule has 0 bridgehead atoms. The van der Waals surface area contributed by atoms with Crippen LogP contribution in [0.1, 0.15) is 10.5 Å². The molecule has 0 aliphatic carbocycles. The van der Waals surface area contributed by atoms with Crippen LogP contribution < -0.4 is 5.32 Å². The van der Waals surface area contributed by atoms with Gasteiger partial charge in [0.2, 0.25) is 0 Å². The van der Waals surface area contributed by atoms with E-state index in [1.807, 2.05) is 6.07 Å². The zero-order valence-corrected chi connectivity index (χ0v) is 15.0. The van der Waals surface area contributed by atoms with Gasteiger partial charge in [0, 0.05) is 39.3 Å². The average Bonchev–Trinajstić information content (AvgIpc) is 3.25. The first-order valence-corrected chi connectivity index (χ1v) is 8.87. The summed E-state index contributed by atoms with van der Waals surface area (Å²) in [5.41, 5.74) is 3.05. The minimum Gasteiger partial charge on any atom is -0.379 e. The molecule has 3 aromatic rings. The third kappa shape index (κ3) is 3.83. The number of aromatic amines is 1. The summed E-state index contributed by atoms with van der Waals surface area (Å²) in [5.74, 6) is -0.619. The zero-order valence-electron chi connectivity index (χ0n) is 15.0. The number of halogens is 1. The number of hydrogen-bond donors (Lipinski definition) is 2. The predicted molar refractivity (Wildman–Crippen MR) is 97.8 cm³/mol. The number of pyridine rings is 1. The normalized spacial score (nSPS) is 15.3. The lowest BCUT2D eigenvalue weighted by atomic mass is 10.2. The average molecular weight is 372 g/mol. The Morgan fingerprint density at radius 3 is 2.96 bits per heavy atom. The number of aryl methyl sites for hydroxylation is 1. The van der Waals surface area contributed by atoms with Crippen LogP contribution in [0, 0.1) is 5.82 Å². The summed E-state index contributed by atoms with van der Waals surface area (Å²) < 4.78 is 20.3. The fourth-order valence-electron chi connectivity index (χ4n) is 3.19. The maximum atomic E-state index is 13.3. The van der Waals surface area contributed by atoms with Gasteiger partial charge in [0.25, 0.3) is 5.91 Å². The Morgan fingerprint density at radius 1 is 1.33 bits per heavy atom. The molecule has 2 N–H and O–H groups in total. The first-order chi connectivity index (χ1) is 13.1. The van der Waals surface area contributed by atoms with E-state index in [1.54, 1.807) is 17.8 Å². The number of nitrogens with zero attached hydrogens (tertiary/aromatic N) is 4. The molecule has 1 saturated heterocycles. The summed E-state index contributed by atoms with van der Waals surface area (Å²) in [6, 6.07) is 4.92. The molecule has 1 aliphatic rings. The van der Waals surface area contributed by atoms with Crippen LogP contribution >= 0.6 is 0 Å². The van der Waals surface area contributed by atoms with E-state index in [4.69, 9.17) is 4.74 Å². The van der Waals surface area contributed by atoms with E-state index in [9.17, 15) is 9.18 Å². The molecule has 0 unspecified atom stereocenters. The number of fused-ring (bicyclic) bond motifs is 1. The van der Waals surface area contributed by atoms with Gasteiger partial charge in [0.1, 0.15) is 5.82 Å². The standard InChI is InChI=1S/C18H21FN6O2/c1-24-17(15-9-13-14(22-15)8-12(19)11-21-13)10-16(23-24)18(26)20-2-3-25-4-6-27-7-5-25/h8-11,22H,2-7H2,1H3,(H,20,26). The SMILES string of the molecule is Cn1nc(C(=O)NCCN2CCOCC2)cc1-c1cc2ncc(F)cc2[nH]1. The lowest BCUT2D eigenvalue weighted by molar-refractivity contribution is 0.0383. The van der Waals surface area contributed by atoms with Crippen molar-refractivity contribution in [1.29, 1.82) is 0 Å². The van der Waals surface area contributed by atoms with Crippen molar-refractivity contribution >= 4 is 16.9 Å². The summed E-state index contributed by atoms with van der Waals surface area (Å²) in [7, 11) is 1.76. The quantitative estimate of drug-likeness (QED) is 0.702. The van der Waals surface area contributed by atoms with E-state index >= 15 is 0 Å². The van der Waals surface area contributed by atoms with Gasteiger partial charge in [-0.3, -0.25) is 19.4 Å². The number of H-pyrrole nitrogens is 1. The van der Waals surface area contributed by atoms with Gasteiger partial charge >= 0.3 is 0 Å². The van der Waals surface area contributed by atoms with E-state index in [0.717, 1.165) is 44.2 Å². The zero-order chi connectivity index (χ0) is 18.8. The molecule has 8 nitrogen and oxygen atoms in total. The Balaban J connectivity index is 1.44. The first kappa shape index (κ1) is 17.6. The molecular weight excluding hydrogens is 351 g/mol. The van der Waals surface area contributed by atoms with Crippen molar-refractivity contribution in [3.05, 3.63) is 35.9 Å². The van der Waals surface area contributed by atoms with Gasteiger partial charge in [-0.2, -0.15) is 5.10 Å². The minimum atomic E-state index is -0.402. The Labute approximate surface area is 155 Å². The summed E-state index contributed by atoms with van der Waals surface area (Å²) >= 11 is 0. The summed E-state index contributed by atoms with van der Waals surface area (Å²) in [4.78, 5) is 21.8. The van der Waals surface area contributed by atoms with Gasteiger partial charge in [0.15, 0.2) is 5.69 Å². The van der Waals surface area contributed by atoms with Gasteiger partial charge in [-0.05, 0) is 12.1 Å². The molecule has 3 aromatic heterocycles. The molecule has 0 aromatic carbocycles. The van der Waals surface area contributed by atoms with Crippen molar-refractivity contribution in [3.8, 4) is 11.4 Å². The van der Waals surface area contributed by atoms with Crippen molar-refractivity contribution in [2.75, 3.05) is 39.4 Å². The number of nitrogens with one attached hydrogen (secondary N) is 2. The number of rotatable bonds is 5. The number of ether oxygens (including phenoxy) is 1. The van der Waals surface area contributed by atoms with Crippen molar-refractivity contribution in [2.24, 2.45) is 7.05 Å². The third-order valence-electron chi connectivity index (χ3n) is 4.64. The van der Waals surface area contributed by atoms with Crippen molar-refractivity contribution in [1.82, 2.24) is 30.0 Å². The number of aromatic nitrogens is 4. The highest BCUT2D eigenvalue weighted by atomic mass is 19.1. The Bertz CT molecular complexity index is 960. The van der Waals surface area contributed by atoms with Gasteiger partial charge in [-0.25, -0.2) is 4.39 Å². The summed E-state index contributed by atoms with van der Waals surface area (Å²) in [6.45, 7) is 4.59. The molecule has 27 heavy (non-hydrogen) atoms. The Morgan fingerprint density at radius 2 is 2.15 bits per heavy atom. The molecule has 1 fully saturated rings. The third-order valence-corrected chi connectivity index (χ3v) is 4.64. The lowest BCUT2D eigenvalue weighted by Crippen LogP contribution is -2.41. The number of carbonyl (C=O) groups is 1. The maximum absolute atomic E-state index is 13.3. The fourth-order valence-corrected chi connectivity index (χ4v) is 3.19. The number of morpholine rings is 1. The van der Waals surface area contributed by atoms with Crippen LogP contribution in [-0.4, -0.2) is 69.9 Å².